The van der Waals surface area contributed by atoms with Gasteiger partial charge >= 0.3 is 6.03 Å². The number of methoxy groups -OCH3 is 1. The Morgan fingerprint density at radius 3 is 2.18 bits per heavy atom. The molecule has 0 radical (unpaired) electrons. The van der Waals surface area contributed by atoms with Gasteiger partial charge in [0.2, 0.25) is 17.8 Å². The fourth-order valence-electron chi connectivity index (χ4n) is 11.6. The molecule has 30 nitrogen and oxygen atoms in total. The number of Topliss-reactive ketones (excluding diaryl/α,β-unsaturated/α-hetero) is 1. The van der Waals surface area contributed by atoms with Crippen molar-refractivity contribution in [3.05, 3.63) is 58.9 Å². The van der Waals surface area contributed by atoms with Crippen LogP contribution in [-0.2, 0) is 39.8 Å². The number of likely N-dealkylation sites (N-methyl/N-ethyl adjacent to an activating group) is 1. The Morgan fingerprint density at radius 2 is 1.51 bits per heavy atom. The monoisotopic (exact) mass is 1110 g/mol. The second-order valence-electron chi connectivity index (χ2n) is 20.6. The number of ether oxygens (including phenoxy) is 1. The van der Waals surface area contributed by atoms with Crippen LogP contribution in [0.4, 0.5) is 28.3 Å². The molecule has 2 aliphatic carbocycles. The van der Waals surface area contributed by atoms with Crippen LogP contribution in [0.2, 0.25) is 0 Å². The highest BCUT2D eigenvalue weighted by Gasteiger charge is 2.47. The van der Waals surface area contributed by atoms with Gasteiger partial charge in [-0.15, -0.1) is 11.6 Å². The Hall–Kier alpha value is -7.54. The molecule has 9 atom stereocenters. The molecule has 0 aromatic carbocycles. The Balaban J connectivity index is 0.844. The molecule has 4 aliphatic rings. The van der Waals surface area contributed by atoms with Gasteiger partial charge in [-0.3, -0.25) is 9.59 Å². The van der Waals surface area contributed by atoms with Crippen LogP contribution in [0.3, 0.4) is 0 Å². The standard InChI is InChI=1S/C48H65ClN22O8/c1-65(43-40-45(63-47(61-43)52-8-4-29-17-67(22-50)24-54-29)71(26-56-40)35-12-27(11-33(73)15-57-77)38(64-78)41(35)79-2)32-6-10-69(19-32)48(76)68-9-5-30(18-68)59-42-39-44(62-46(60-42)51-7-3-28-16-66(21-49)23-53-28)70(25-55-39)34-13-31(14-36(34)74)58-37(75)20-72/h16-17,23-27,30-32,34-36,38,41,72,74H,3-15,18-22,50H2,1-2H3,(H,58,75)(H,52,61,63)(H2,51,59,60,62)/t27-,30+,31-,32+,34+,35+,36+,38+,41-/m0/s1. The number of nitrogens with zero attached hydrogens (tertiary/aromatic N) is 17. The molecule has 2 saturated carbocycles. The minimum Gasteiger partial charge on any atom is -0.391 e. The molecule has 8 heterocycles. The lowest BCUT2D eigenvalue weighted by atomic mass is 9.97. The van der Waals surface area contributed by atoms with E-state index in [9.17, 15) is 34.4 Å². The van der Waals surface area contributed by atoms with Gasteiger partial charge in [0, 0.05) is 103 Å². The molecule has 4 fully saturated rings. The van der Waals surface area contributed by atoms with E-state index in [2.05, 4.69) is 41.6 Å². The van der Waals surface area contributed by atoms with Gasteiger partial charge in [-0.2, -0.15) is 29.8 Å². The summed E-state index contributed by atoms with van der Waals surface area (Å²) in [6.45, 7) is 1.81. The highest BCUT2D eigenvalue weighted by molar-refractivity contribution is 6.15. The lowest BCUT2D eigenvalue weighted by Crippen LogP contribution is -2.43. The third-order valence-corrected chi connectivity index (χ3v) is 15.9. The fourth-order valence-corrected chi connectivity index (χ4v) is 11.7. The molecular weight excluding hydrogens is 1050 g/mol. The number of halogens is 1. The summed E-state index contributed by atoms with van der Waals surface area (Å²) in [7, 11) is 3.41. The number of fused-ring (bicyclic) bond motifs is 2. The van der Waals surface area contributed by atoms with Crippen LogP contribution >= 0.6 is 11.6 Å². The van der Waals surface area contributed by atoms with Gasteiger partial charge in [0.05, 0.1) is 67.6 Å². The molecule has 10 rings (SSSR count). The summed E-state index contributed by atoms with van der Waals surface area (Å²) in [5.41, 5.74) is 9.36. The molecule has 31 heteroatoms. The van der Waals surface area contributed by atoms with E-state index in [4.69, 9.17) is 52.0 Å². The van der Waals surface area contributed by atoms with Gasteiger partial charge in [-0.1, -0.05) is 10.4 Å². The van der Waals surface area contributed by atoms with Crippen LogP contribution in [0.1, 0.15) is 62.0 Å². The first-order chi connectivity index (χ1) is 38.4. The lowest BCUT2D eigenvalue weighted by Gasteiger charge is -2.28. The summed E-state index contributed by atoms with van der Waals surface area (Å²) in [6, 6.07) is -2.36. The van der Waals surface area contributed by atoms with Crippen LogP contribution in [0.5, 0.6) is 0 Å². The number of nitrogens with one attached hydrogen (secondary N) is 4. The first kappa shape index (κ1) is 54.8. The van der Waals surface area contributed by atoms with Gasteiger partial charge < -0.3 is 74.9 Å². The highest BCUT2D eigenvalue weighted by Crippen LogP contribution is 2.43. The Labute approximate surface area is 457 Å². The van der Waals surface area contributed by atoms with Crippen LogP contribution in [0.15, 0.2) is 48.1 Å². The van der Waals surface area contributed by atoms with E-state index in [1.165, 1.54) is 7.11 Å². The smallest absolute Gasteiger partial charge is 0.320 e. The Bertz CT molecular complexity index is 3150. The van der Waals surface area contributed by atoms with Gasteiger partial charge in [0.15, 0.2) is 39.7 Å². The van der Waals surface area contributed by atoms with Crippen molar-refractivity contribution >= 4 is 75.2 Å². The third-order valence-electron chi connectivity index (χ3n) is 15.6. The number of nitrogens with two attached hydrogens (primary N) is 1. The molecule has 8 N–H and O–H groups in total. The lowest BCUT2D eigenvalue weighted by molar-refractivity contribution is -0.124. The molecule has 2 saturated heterocycles. The Kier molecular flexibility index (Phi) is 16.8. The van der Waals surface area contributed by atoms with Crippen molar-refractivity contribution in [2.24, 2.45) is 22.0 Å². The number of nitroso groups, excluding NO2 is 2. The van der Waals surface area contributed by atoms with E-state index >= 15 is 0 Å². The maximum absolute atomic E-state index is 14.4. The van der Waals surface area contributed by atoms with Crippen molar-refractivity contribution in [3.8, 4) is 0 Å². The summed E-state index contributed by atoms with van der Waals surface area (Å²) < 4.78 is 13.1. The van der Waals surface area contributed by atoms with Crippen molar-refractivity contribution in [3.63, 3.8) is 0 Å². The molecule has 0 spiro atoms. The van der Waals surface area contributed by atoms with E-state index in [0.717, 1.165) is 11.4 Å². The number of amides is 3. The van der Waals surface area contributed by atoms with Gasteiger partial charge in [-0.05, 0) is 38.0 Å². The topological polar surface area (TPSA) is 366 Å². The number of rotatable bonds is 24. The SMILES string of the molecule is CO[C@@H]1[C@H](N=O)[C@@H](CC(=O)CN=O)C[C@H]1n1cnc2c(N(C)[C@@H]3CCN(C(=O)N4CC[C@@H](Nc5nc(NCCc6cn(CCl)cn6)nc6c5ncn6[C@@H]5C[C@H](NC(=O)CO)C[C@H]5O)C4)C3)nc(NCCc3cn(CN)cn3)nc21. The summed E-state index contributed by atoms with van der Waals surface area (Å²) >= 11 is 5.98. The summed E-state index contributed by atoms with van der Waals surface area (Å²) in [4.78, 5) is 106. The average Bonchev–Trinajstić information content (AvgIpc) is 4.35. The summed E-state index contributed by atoms with van der Waals surface area (Å²) in [6.07, 6.45) is 12.1. The summed E-state index contributed by atoms with van der Waals surface area (Å²) in [5, 5.41) is 39.7. The first-order valence-electron chi connectivity index (χ1n) is 26.4. The van der Waals surface area contributed by atoms with Crippen LogP contribution in [0, 0.1) is 15.7 Å². The number of carbonyl (C=O) groups excluding carboxylic acids is 3. The molecule has 3 amide bonds. The number of imidazole rings is 4. The quantitative estimate of drug-likeness (QED) is 0.0331. The molecule has 0 unspecified atom stereocenters. The van der Waals surface area contributed by atoms with Crippen LogP contribution < -0.4 is 31.9 Å². The van der Waals surface area contributed by atoms with Crippen molar-refractivity contribution in [2.75, 3.05) is 87.4 Å². The van der Waals surface area contributed by atoms with Crippen molar-refractivity contribution in [1.82, 2.24) is 73.3 Å². The largest absolute Gasteiger partial charge is 0.391 e. The molecule has 6 aromatic rings. The minimum absolute atomic E-state index is 0.0556. The number of hydrogen-bond donors (Lipinski definition) is 7. The maximum Gasteiger partial charge on any atom is 0.320 e. The van der Waals surface area contributed by atoms with Crippen molar-refractivity contribution < 1.29 is 29.3 Å². The number of aliphatic hydroxyl groups excluding tert-OH is 2. The van der Waals surface area contributed by atoms with Gasteiger partial charge in [0.1, 0.15) is 25.3 Å². The van der Waals surface area contributed by atoms with E-state index in [1.807, 2.05) is 38.7 Å². The van der Waals surface area contributed by atoms with Crippen molar-refractivity contribution in [1.29, 1.82) is 0 Å². The molecule has 79 heavy (non-hydrogen) atoms. The average molecular weight is 1110 g/mol. The fraction of sp³-hybridized carbons (Fsp3) is 0.604. The predicted octanol–water partition coefficient (Wildman–Crippen LogP) is 1.21. The molecule has 0 bridgehead atoms. The number of alkyl halides is 1. The van der Waals surface area contributed by atoms with Crippen LogP contribution in [0.25, 0.3) is 22.3 Å². The number of anilines is 4. The number of carbonyl (C=O) groups is 3. The number of aromatic nitrogens is 12. The van der Waals surface area contributed by atoms with E-state index in [-0.39, 0.29) is 42.4 Å². The molecule has 2 aliphatic heterocycles. The zero-order chi connectivity index (χ0) is 55.3. The zero-order valence-corrected chi connectivity index (χ0v) is 44.5. The molecular formula is C48H65ClN22O8. The first-order valence-corrected chi connectivity index (χ1v) is 26.9. The van der Waals surface area contributed by atoms with E-state index in [1.54, 1.807) is 39.0 Å². The molecule has 422 valence electrons. The van der Waals surface area contributed by atoms with Crippen LogP contribution in [-0.4, -0.2) is 199 Å². The number of ketones is 1. The second kappa shape index (κ2) is 24.2. The highest BCUT2D eigenvalue weighted by atomic mass is 35.5. The predicted molar refractivity (Wildman–Crippen MR) is 288 cm³/mol. The van der Waals surface area contributed by atoms with E-state index in [0.29, 0.717) is 137 Å². The normalized spacial score (nSPS) is 23.9. The summed E-state index contributed by atoms with van der Waals surface area (Å²) in [5.74, 6) is 0.217. The van der Waals surface area contributed by atoms with Crippen molar-refractivity contribution in [2.45, 2.75) is 112 Å². The van der Waals surface area contributed by atoms with Gasteiger partial charge in [0.25, 0.3) is 0 Å². The number of aliphatic hydroxyl groups is 2. The van der Waals surface area contributed by atoms with E-state index < -0.39 is 55.3 Å². The zero-order valence-electron chi connectivity index (χ0n) is 43.8. The minimum atomic E-state index is -0.872. The number of hydrogen-bond acceptors (Lipinski definition) is 23. The second-order valence-corrected chi connectivity index (χ2v) is 20.8. The maximum atomic E-state index is 14.4. The van der Waals surface area contributed by atoms with Gasteiger partial charge in [-0.25, -0.2) is 24.7 Å². The number of urea groups is 1. The molecule has 6 aromatic heterocycles. The Morgan fingerprint density at radius 1 is 0.835 bits per heavy atom. The third kappa shape index (κ3) is 11.8. The number of likely N-dealkylation sites (tertiary alicyclic amines) is 2.